The summed E-state index contributed by atoms with van der Waals surface area (Å²) in [5.74, 6) is -0.987. The molecular weight excluding hydrogens is 374 g/mol. The van der Waals surface area contributed by atoms with Gasteiger partial charge in [0, 0.05) is 18.3 Å². The van der Waals surface area contributed by atoms with E-state index in [1.165, 1.54) is 20.8 Å². The van der Waals surface area contributed by atoms with E-state index in [0.717, 1.165) is 0 Å². The number of ether oxygens (including phenoxy) is 2. The molecule has 29 heavy (non-hydrogen) atoms. The summed E-state index contributed by atoms with van der Waals surface area (Å²) in [6, 6.07) is 14.8. The molecule has 2 N–H and O–H groups in total. The molecule has 0 spiro atoms. The van der Waals surface area contributed by atoms with Crippen LogP contribution in [0.2, 0.25) is 0 Å². The van der Waals surface area contributed by atoms with Crippen molar-refractivity contribution >= 4 is 29.2 Å². The molecule has 2 amide bonds. The zero-order valence-electron chi connectivity index (χ0n) is 16.3. The lowest BCUT2D eigenvalue weighted by molar-refractivity contribution is -0.159. The van der Waals surface area contributed by atoms with Gasteiger partial charge in [-0.15, -0.1) is 0 Å². The van der Waals surface area contributed by atoms with Gasteiger partial charge in [0.05, 0.1) is 11.6 Å². The predicted molar refractivity (Wildman–Crippen MR) is 106 cm³/mol. The van der Waals surface area contributed by atoms with Gasteiger partial charge in [-0.25, -0.2) is 4.79 Å². The van der Waals surface area contributed by atoms with Gasteiger partial charge in [0.15, 0.2) is 12.2 Å². The van der Waals surface area contributed by atoms with Crippen molar-refractivity contribution in [3.05, 3.63) is 54.1 Å². The number of carbonyl (C=O) groups is 3. The van der Waals surface area contributed by atoms with Crippen LogP contribution in [0.1, 0.15) is 26.3 Å². The highest BCUT2D eigenvalue weighted by molar-refractivity contribution is 5.95. The van der Waals surface area contributed by atoms with E-state index >= 15 is 0 Å². The lowest BCUT2D eigenvalue weighted by Crippen LogP contribution is -2.35. The predicted octanol–water partition coefficient (Wildman–Crippen LogP) is 2.85. The molecule has 2 rings (SSSR count). The largest absolute Gasteiger partial charge is 0.479 e. The zero-order valence-corrected chi connectivity index (χ0v) is 16.3. The fourth-order valence-electron chi connectivity index (χ4n) is 2.27. The number of hydrogen-bond acceptors (Lipinski definition) is 6. The topological polar surface area (TPSA) is 118 Å². The monoisotopic (exact) mass is 395 g/mol. The molecule has 0 radical (unpaired) electrons. The Morgan fingerprint density at radius 1 is 0.897 bits per heavy atom. The first-order chi connectivity index (χ1) is 13.8. The fraction of sp³-hybridized carbons (Fsp3) is 0.238. The van der Waals surface area contributed by atoms with Crippen LogP contribution < -0.4 is 15.4 Å². The van der Waals surface area contributed by atoms with Gasteiger partial charge in [0.25, 0.3) is 5.91 Å². The summed E-state index contributed by atoms with van der Waals surface area (Å²) in [6.07, 6.45) is -1.97. The average molecular weight is 395 g/mol. The summed E-state index contributed by atoms with van der Waals surface area (Å²) < 4.78 is 10.6. The molecule has 8 nitrogen and oxygen atoms in total. The Balaban J connectivity index is 1.86. The second-order valence-corrected chi connectivity index (χ2v) is 6.22. The Labute approximate surface area is 168 Å². The third-order valence-corrected chi connectivity index (χ3v) is 3.76. The minimum atomic E-state index is -1.04. The van der Waals surface area contributed by atoms with Crippen LogP contribution >= 0.6 is 0 Å². The number of anilines is 2. The van der Waals surface area contributed by atoms with Gasteiger partial charge in [-0.2, -0.15) is 5.26 Å². The van der Waals surface area contributed by atoms with Crippen LogP contribution in [0.15, 0.2) is 48.5 Å². The van der Waals surface area contributed by atoms with E-state index in [-0.39, 0.29) is 5.91 Å². The number of nitrogens with one attached hydrogen (secondary N) is 2. The first-order valence-electron chi connectivity index (χ1n) is 8.84. The van der Waals surface area contributed by atoms with Crippen LogP contribution in [0.5, 0.6) is 5.75 Å². The molecule has 0 aromatic heterocycles. The maximum absolute atomic E-state index is 12.2. The van der Waals surface area contributed by atoms with E-state index in [9.17, 15) is 14.4 Å². The van der Waals surface area contributed by atoms with Crippen molar-refractivity contribution in [1.82, 2.24) is 0 Å². The molecule has 0 saturated carbocycles. The fourth-order valence-corrected chi connectivity index (χ4v) is 2.27. The maximum atomic E-state index is 12.2. The molecule has 2 aromatic carbocycles. The highest BCUT2D eigenvalue weighted by Crippen LogP contribution is 2.16. The number of nitriles is 1. The molecule has 0 heterocycles. The van der Waals surface area contributed by atoms with Crippen LogP contribution in [0.4, 0.5) is 11.4 Å². The molecule has 0 aliphatic carbocycles. The van der Waals surface area contributed by atoms with Gasteiger partial charge in [-0.1, -0.05) is 0 Å². The van der Waals surface area contributed by atoms with Crippen molar-refractivity contribution in [2.75, 3.05) is 10.6 Å². The second kappa shape index (κ2) is 9.90. The summed E-state index contributed by atoms with van der Waals surface area (Å²) in [5, 5.41) is 14.0. The molecule has 8 heteroatoms. The normalized spacial score (nSPS) is 12.1. The Kier molecular flexibility index (Phi) is 7.32. The smallest absolute Gasteiger partial charge is 0.347 e. The number of benzene rings is 2. The highest BCUT2D eigenvalue weighted by Gasteiger charge is 2.23. The Morgan fingerprint density at radius 2 is 1.45 bits per heavy atom. The molecule has 2 aromatic rings. The number of amides is 2. The van der Waals surface area contributed by atoms with Gasteiger partial charge in [0.2, 0.25) is 5.91 Å². The molecule has 150 valence electrons. The molecule has 0 unspecified atom stereocenters. The van der Waals surface area contributed by atoms with E-state index in [4.69, 9.17) is 14.7 Å². The molecule has 0 aliphatic heterocycles. The van der Waals surface area contributed by atoms with Crippen molar-refractivity contribution < 1.29 is 23.9 Å². The van der Waals surface area contributed by atoms with Crippen LogP contribution in [-0.4, -0.2) is 30.0 Å². The molecular formula is C21H21N3O5. The quantitative estimate of drug-likeness (QED) is 0.696. The van der Waals surface area contributed by atoms with Gasteiger partial charge in [0.1, 0.15) is 5.75 Å². The highest BCUT2D eigenvalue weighted by atomic mass is 16.6. The lowest BCUT2D eigenvalue weighted by atomic mass is 10.2. The number of carbonyl (C=O) groups excluding carboxylic acids is 3. The third-order valence-electron chi connectivity index (χ3n) is 3.76. The number of rotatable bonds is 7. The number of nitrogens with zero attached hydrogens (tertiary/aromatic N) is 1. The lowest BCUT2D eigenvalue weighted by Gasteiger charge is -2.18. The van der Waals surface area contributed by atoms with Crippen LogP contribution in [0, 0.1) is 11.3 Å². The Bertz CT molecular complexity index is 917. The van der Waals surface area contributed by atoms with Crippen LogP contribution in [0.3, 0.4) is 0 Å². The standard InChI is InChI=1S/C21H21N3O5/c1-13(20(26)24-18-8-6-17(7-9-18)23-15(3)25)29-21(27)14(2)28-19-10-4-16(12-22)5-11-19/h4-11,13-14H,1-3H3,(H,23,25)(H,24,26)/t13-,14-/m1/s1. The van der Waals surface area contributed by atoms with Gasteiger partial charge >= 0.3 is 5.97 Å². The SMILES string of the molecule is CC(=O)Nc1ccc(NC(=O)[C@@H](C)OC(=O)[C@@H](C)Oc2ccc(C#N)cc2)cc1. The summed E-state index contributed by atoms with van der Waals surface area (Å²) in [4.78, 5) is 35.4. The minimum absolute atomic E-state index is 0.195. The average Bonchev–Trinajstić information content (AvgIpc) is 2.69. The second-order valence-electron chi connectivity index (χ2n) is 6.22. The molecule has 2 atom stereocenters. The zero-order chi connectivity index (χ0) is 21.4. The van der Waals surface area contributed by atoms with Crippen molar-refractivity contribution in [2.24, 2.45) is 0 Å². The van der Waals surface area contributed by atoms with E-state index in [0.29, 0.717) is 22.7 Å². The number of esters is 1. The molecule has 0 aliphatic rings. The van der Waals surface area contributed by atoms with Gasteiger partial charge in [-0.05, 0) is 62.4 Å². The minimum Gasteiger partial charge on any atom is -0.479 e. The first kappa shape index (κ1) is 21.4. The van der Waals surface area contributed by atoms with Crippen molar-refractivity contribution in [2.45, 2.75) is 33.0 Å². The van der Waals surface area contributed by atoms with E-state index in [1.807, 2.05) is 6.07 Å². The summed E-state index contributed by atoms with van der Waals surface area (Å²) in [6.45, 7) is 4.36. The Morgan fingerprint density at radius 3 is 1.97 bits per heavy atom. The van der Waals surface area contributed by atoms with Gasteiger partial charge in [-0.3, -0.25) is 9.59 Å². The van der Waals surface area contributed by atoms with E-state index in [1.54, 1.807) is 48.5 Å². The third kappa shape index (κ3) is 6.66. The Hall–Kier alpha value is -3.86. The summed E-state index contributed by atoms with van der Waals surface area (Å²) >= 11 is 0. The van der Waals surface area contributed by atoms with E-state index < -0.39 is 24.1 Å². The van der Waals surface area contributed by atoms with E-state index in [2.05, 4.69) is 10.6 Å². The van der Waals surface area contributed by atoms with Gasteiger partial charge < -0.3 is 20.1 Å². The summed E-state index contributed by atoms with van der Waals surface area (Å²) in [7, 11) is 0. The molecule has 0 fully saturated rings. The van der Waals surface area contributed by atoms with Crippen LogP contribution in [-0.2, 0) is 19.1 Å². The van der Waals surface area contributed by atoms with Crippen molar-refractivity contribution in [3.8, 4) is 11.8 Å². The van der Waals surface area contributed by atoms with Crippen molar-refractivity contribution in [1.29, 1.82) is 5.26 Å². The molecule has 0 bridgehead atoms. The summed E-state index contributed by atoms with van der Waals surface area (Å²) in [5.41, 5.74) is 1.57. The molecule has 0 saturated heterocycles. The maximum Gasteiger partial charge on any atom is 0.347 e. The first-order valence-corrected chi connectivity index (χ1v) is 8.84. The van der Waals surface area contributed by atoms with Crippen molar-refractivity contribution in [3.63, 3.8) is 0 Å². The number of hydrogen-bond donors (Lipinski definition) is 2. The van der Waals surface area contributed by atoms with Crippen LogP contribution in [0.25, 0.3) is 0 Å².